The third-order valence-corrected chi connectivity index (χ3v) is 6.12. The van der Waals surface area contributed by atoms with Gasteiger partial charge in [0, 0.05) is 30.4 Å². The Kier molecular flexibility index (Phi) is 6.03. The molecule has 0 bridgehead atoms. The van der Waals surface area contributed by atoms with Gasteiger partial charge in [0.1, 0.15) is 11.5 Å². The smallest absolute Gasteiger partial charge is 0.373 e. The van der Waals surface area contributed by atoms with Gasteiger partial charge in [-0.15, -0.1) is 0 Å². The van der Waals surface area contributed by atoms with Crippen molar-refractivity contribution in [2.24, 2.45) is 0 Å². The third kappa shape index (κ3) is 4.32. The fourth-order valence-corrected chi connectivity index (χ4v) is 4.43. The van der Waals surface area contributed by atoms with Gasteiger partial charge < -0.3 is 18.8 Å². The van der Waals surface area contributed by atoms with Crippen LogP contribution >= 0.6 is 11.8 Å². The van der Waals surface area contributed by atoms with Crippen LogP contribution in [0.5, 0.6) is 5.75 Å². The first-order chi connectivity index (χ1) is 15.0. The van der Waals surface area contributed by atoms with Crippen LogP contribution in [0.25, 0.3) is 6.08 Å². The van der Waals surface area contributed by atoms with E-state index in [1.54, 1.807) is 19.3 Å². The average molecular weight is 442 g/mol. The summed E-state index contributed by atoms with van der Waals surface area (Å²) in [6.45, 7) is 1.97. The lowest BCUT2D eigenvalue weighted by atomic mass is 10.1. The molecule has 8 nitrogen and oxygen atoms in total. The van der Waals surface area contributed by atoms with Gasteiger partial charge in [-0.05, 0) is 54.9 Å². The first kappa shape index (κ1) is 21.0. The van der Waals surface area contributed by atoms with Crippen LogP contribution in [-0.4, -0.2) is 49.3 Å². The van der Waals surface area contributed by atoms with Gasteiger partial charge in [-0.2, -0.15) is 0 Å². The first-order valence-electron chi connectivity index (χ1n) is 9.85. The number of ether oxygens (including phenoxy) is 2. The van der Waals surface area contributed by atoms with Crippen LogP contribution in [0.2, 0.25) is 0 Å². The molecule has 2 aliphatic heterocycles. The number of methoxy groups -OCH3 is 2. The fraction of sp³-hybridized carbons (Fsp3) is 0.318. The summed E-state index contributed by atoms with van der Waals surface area (Å²) in [6.07, 6.45) is 4.02. The quantitative estimate of drug-likeness (QED) is 0.491. The molecular weight excluding hydrogens is 420 g/mol. The van der Waals surface area contributed by atoms with E-state index in [0.29, 0.717) is 16.4 Å². The zero-order valence-electron chi connectivity index (χ0n) is 17.3. The first-order valence-corrected chi connectivity index (χ1v) is 10.7. The van der Waals surface area contributed by atoms with Crippen molar-refractivity contribution in [2.45, 2.75) is 19.4 Å². The van der Waals surface area contributed by atoms with Gasteiger partial charge in [0.05, 0.1) is 25.7 Å². The lowest BCUT2D eigenvalue weighted by molar-refractivity contribution is -0.123. The largest absolute Gasteiger partial charge is 0.496 e. The number of thioether (sulfide) groups is 1. The Morgan fingerprint density at radius 1 is 1.16 bits per heavy atom. The van der Waals surface area contributed by atoms with E-state index in [2.05, 4.69) is 9.64 Å². The maximum atomic E-state index is 12.8. The van der Waals surface area contributed by atoms with E-state index >= 15 is 0 Å². The number of furan rings is 1. The molecular formula is C22H22N2O6S. The van der Waals surface area contributed by atoms with Crippen LogP contribution in [0.3, 0.4) is 0 Å². The second kappa shape index (κ2) is 8.89. The van der Waals surface area contributed by atoms with E-state index in [4.69, 9.17) is 9.15 Å². The summed E-state index contributed by atoms with van der Waals surface area (Å²) in [6, 6.07) is 8.84. The molecule has 2 aromatic rings. The Labute approximate surface area is 183 Å². The van der Waals surface area contributed by atoms with Gasteiger partial charge in [-0.3, -0.25) is 14.5 Å². The normalized spacial score (nSPS) is 17.7. The molecule has 2 amide bonds. The van der Waals surface area contributed by atoms with Gasteiger partial charge in [-0.25, -0.2) is 4.79 Å². The maximum absolute atomic E-state index is 12.8. The van der Waals surface area contributed by atoms with Crippen molar-refractivity contribution in [3.05, 3.63) is 52.3 Å². The monoisotopic (exact) mass is 442 g/mol. The predicted octanol–water partition coefficient (Wildman–Crippen LogP) is 3.91. The molecule has 4 rings (SSSR count). The number of hydrogen-bond donors (Lipinski definition) is 0. The SMILES string of the molecule is COC(=O)c1ccc(CN2C(=O)S/C(=C/c3ccc(N4CCCC4)cc3OC)C2=O)o1. The molecule has 0 radical (unpaired) electrons. The highest BCUT2D eigenvalue weighted by atomic mass is 32.2. The maximum Gasteiger partial charge on any atom is 0.373 e. The average Bonchev–Trinajstić information content (AvgIpc) is 3.52. The molecule has 9 heteroatoms. The second-order valence-corrected chi connectivity index (χ2v) is 8.14. The lowest BCUT2D eigenvalue weighted by Gasteiger charge is -2.19. The number of imide groups is 1. The van der Waals surface area contributed by atoms with Crippen LogP contribution < -0.4 is 9.64 Å². The summed E-state index contributed by atoms with van der Waals surface area (Å²) >= 11 is 0.861. The number of rotatable bonds is 6. The standard InChI is InChI=1S/C22H22N2O6S/c1-28-18-12-15(23-9-3-4-10-23)6-5-14(18)11-19-20(25)24(22(27)31-19)13-16-7-8-17(30-16)21(26)29-2/h5-8,11-12H,3-4,9-10,13H2,1-2H3/b19-11+. The summed E-state index contributed by atoms with van der Waals surface area (Å²) in [7, 11) is 2.83. The minimum atomic E-state index is -0.621. The van der Waals surface area contributed by atoms with E-state index in [1.165, 1.54) is 26.0 Å². The molecule has 162 valence electrons. The van der Waals surface area contributed by atoms with Crippen molar-refractivity contribution in [3.8, 4) is 5.75 Å². The molecule has 2 aliphatic rings. The molecule has 2 saturated heterocycles. The van der Waals surface area contributed by atoms with Crippen LogP contribution in [0.1, 0.15) is 34.7 Å². The zero-order valence-corrected chi connectivity index (χ0v) is 18.1. The Morgan fingerprint density at radius 3 is 2.65 bits per heavy atom. The predicted molar refractivity (Wildman–Crippen MR) is 116 cm³/mol. The number of carbonyl (C=O) groups excluding carboxylic acids is 3. The van der Waals surface area contributed by atoms with E-state index in [-0.39, 0.29) is 12.3 Å². The van der Waals surface area contributed by atoms with Crippen LogP contribution in [0.4, 0.5) is 10.5 Å². The molecule has 1 aromatic heterocycles. The summed E-state index contributed by atoms with van der Waals surface area (Å²) in [5.41, 5.74) is 1.81. The van der Waals surface area contributed by atoms with Crippen LogP contribution in [0.15, 0.2) is 39.7 Å². The topological polar surface area (TPSA) is 89.3 Å². The van der Waals surface area contributed by atoms with Crippen LogP contribution in [-0.2, 0) is 16.1 Å². The molecule has 0 unspecified atom stereocenters. The molecule has 3 heterocycles. The highest BCUT2D eigenvalue weighted by Crippen LogP contribution is 2.36. The molecule has 1 aromatic carbocycles. The third-order valence-electron chi connectivity index (χ3n) is 5.21. The van der Waals surface area contributed by atoms with Gasteiger partial charge in [0.2, 0.25) is 5.76 Å². The van der Waals surface area contributed by atoms with Crippen molar-refractivity contribution in [3.63, 3.8) is 0 Å². The van der Waals surface area contributed by atoms with Crippen molar-refractivity contribution < 1.29 is 28.3 Å². The number of benzene rings is 1. The van der Waals surface area contributed by atoms with E-state index < -0.39 is 17.1 Å². The number of carbonyl (C=O) groups is 3. The molecule has 0 atom stereocenters. The number of anilines is 1. The van der Waals surface area contributed by atoms with Crippen molar-refractivity contribution >= 4 is 40.6 Å². The second-order valence-electron chi connectivity index (χ2n) is 7.15. The Hall–Kier alpha value is -3.20. The Balaban J connectivity index is 1.52. The van der Waals surface area contributed by atoms with Gasteiger partial charge in [-0.1, -0.05) is 0 Å². The van der Waals surface area contributed by atoms with Crippen molar-refractivity contribution in [1.29, 1.82) is 0 Å². The molecule has 2 fully saturated rings. The summed E-state index contributed by atoms with van der Waals surface area (Å²) in [4.78, 5) is 40.5. The highest BCUT2D eigenvalue weighted by Gasteiger charge is 2.36. The number of esters is 1. The Bertz CT molecular complexity index is 1050. The lowest BCUT2D eigenvalue weighted by Crippen LogP contribution is -2.27. The number of amides is 2. The van der Waals surface area contributed by atoms with E-state index in [0.717, 1.165) is 41.0 Å². The van der Waals surface area contributed by atoms with Gasteiger partial charge in [0.25, 0.3) is 11.1 Å². The summed E-state index contributed by atoms with van der Waals surface area (Å²) < 4.78 is 15.5. The van der Waals surface area contributed by atoms with Crippen LogP contribution in [0, 0.1) is 0 Å². The molecule has 0 saturated carbocycles. The fourth-order valence-electron chi connectivity index (χ4n) is 3.60. The van der Waals surface area contributed by atoms with E-state index in [9.17, 15) is 14.4 Å². The minimum absolute atomic E-state index is 0.0165. The zero-order chi connectivity index (χ0) is 22.0. The minimum Gasteiger partial charge on any atom is -0.496 e. The molecule has 0 N–H and O–H groups in total. The molecule has 31 heavy (non-hydrogen) atoms. The molecule has 0 spiro atoms. The van der Waals surface area contributed by atoms with E-state index in [1.807, 2.05) is 18.2 Å². The highest BCUT2D eigenvalue weighted by molar-refractivity contribution is 8.18. The van der Waals surface area contributed by atoms with Crippen molar-refractivity contribution in [2.75, 3.05) is 32.2 Å². The number of nitrogens with zero attached hydrogens (tertiary/aromatic N) is 2. The summed E-state index contributed by atoms with van der Waals surface area (Å²) in [5.74, 6) is -0.0641. The van der Waals surface area contributed by atoms with Gasteiger partial charge >= 0.3 is 5.97 Å². The van der Waals surface area contributed by atoms with Gasteiger partial charge in [0.15, 0.2) is 0 Å². The Morgan fingerprint density at radius 2 is 1.94 bits per heavy atom. The van der Waals surface area contributed by atoms with Crippen molar-refractivity contribution in [1.82, 2.24) is 4.90 Å². The summed E-state index contributed by atoms with van der Waals surface area (Å²) in [5, 5.41) is -0.403. The number of hydrogen-bond acceptors (Lipinski definition) is 8. The molecule has 0 aliphatic carbocycles.